The van der Waals surface area contributed by atoms with Crippen LogP contribution >= 0.6 is 0 Å². The number of rotatable bonds is 10. The molecular formula is C31H23F4N5O4. The first-order valence-electron chi connectivity index (χ1n) is 13.1. The molecule has 0 radical (unpaired) electrons. The zero-order chi connectivity index (χ0) is 31.4. The van der Waals surface area contributed by atoms with Crippen LogP contribution in [-0.4, -0.2) is 46.3 Å². The van der Waals surface area contributed by atoms with Crippen LogP contribution in [0.25, 0.3) is 22.3 Å². The van der Waals surface area contributed by atoms with E-state index in [-0.39, 0.29) is 54.0 Å². The SMILES string of the molecule is COCCn1c(Cc2c(F)cc(-c3ccnc(OCc4ccc(C#N)cc4F)n3)c(F)c2F)nc2ccc(C(=O)OC)cc21. The van der Waals surface area contributed by atoms with Crippen molar-refractivity contribution in [2.24, 2.45) is 0 Å². The third-order valence-corrected chi connectivity index (χ3v) is 6.80. The van der Waals surface area contributed by atoms with E-state index in [1.54, 1.807) is 16.7 Å². The Labute approximate surface area is 248 Å². The Hall–Kier alpha value is -5.35. The van der Waals surface area contributed by atoms with Gasteiger partial charge in [-0.3, -0.25) is 0 Å². The molecule has 0 aliphatic carbocycles. The quantitative estimate of drug-likeness (QED) is 0.116. The van der Waals surface area contributed by atoms with E-state index >= 15 is 13.2 Å². The lowest BCUT2D eigenvalue weighted by Crippen LogP contribution is -2.11. The van der Waals surface area contributed by atoms with Gasteiger partial charge in [0, 0.05) is 43.0 Å². The highest BCUT2D eigenvalue weighted by atomic mass is 19.2. The summed E-state index contributed by atoms with van der Waals surface area (Å²) < 4.78 is 77.5. The second-order valence-corrected chi connectivity index (χ2v) is 9.49. The van der Waals surface area contributed by atoms with Crippen molar-refractivity contribution in [3.8, 4) is 23.3 Å². The number of hydrogen-bond acceptors (Lipinski definition) is 8. The summed E-state index contributed by atoms with van der Waals surface area (Å²) in [5.41, 5.74) is 0.263. The third kappa shape index (κ3) is 6.06. The highest BCUT2D eigenvalue weighted by Crippen LogP contribution is 2.30. The highest BCUT2D eigenvalue weighted by molar-refractivity contribution is 5.93. The Kier molecular flexibility index (Phi) is 8.82. The van der Waals surface area contributed by atoms with Gasteiger partial charge in [0.2, 0.25) is 0 Å². The maximum atomic E-state index is 15.4. The molecule has 44 heavy (non-hydrogen) atoms. The fraction of sp³-hybridized carbons (Fsp3) is 0.194. The molecule has 9 nitrogen and oxygen atoms in total. The molecule has 224 valence electrons. The summed E-state index contributed by atoms with van der Waals surface area (Å²) in [6.07, 6.45) is 0.797. The predicted molar refractivity (Wildman–Crippen MR) is 149 cm³/mol. The summed E-state index contributed by atoms with van der Waals surface area (Å²) in [4.78, 5) is 24.5. The number of imidazole rings is 1. The predicted octanol–water partition coefficient (Wildman–Crippen LogP) is 5.52. The molecule has 5 aromatic rings. The zero-order valence-corrected chi connectivity index (χ0v) is 23.4. The number of nitriles is 1. The van der Waals surface area contributed by atoms with Gasteiger partial charge in [0.15, 0.2) is 11.6 Å². The summed E-state index contributed by atoms with van der Waals surface area (Å²) in [7, 11) is 2.73. The zero-order valence-electron chi connectivity index (χ0n) is 23.4. The van der Waals surface area contributed by atoms with E-state index in [1.807, 2.05) is 6.07 Å². The van der Waals surface area contributed by atoms with Crippen LogP contribution in [0.3, 0.4) is 0 Å². The smallest absolute Gasteiger partial charge is 0.337 e. The van der Waals surface area contributed by atoms with Gasteiger partial charge < -0.3 is 18.8 Å². The number of nitrogens with zero attached hydrogens (tertiary/aromatic N) is 5. The van der Waals surface area contributed by atoms with E-state index in [0.29, 0.717) is 11.0 Å². The van der Waals surface area contributed by atoms with Crippen molar-refractivity contribution in [2.45, 2.75) is 19.6 Å². The highest BCUT2D eigenvalue weighted by Gasteiger charge is 2.24. The van der Waals surface area contributed by atoms with Crippen molar-refractivity contribution in [1.29, 1.82) is 5.26 Å². The molecule has 0 spiro atoms. The van der Waals surface area contributed by atoms with Crippen molar-refractivity contribution >= 4 is 17.0 Å². The summed E-state index contributed by atoms with van der Waals surface area (Å²) in [5, 5.41) is 8.88. The van der Waals surface area contributed by atoms with Crippen LogP contribution in [0.5, 0.6) is 6.01 Å². The summed E-state index contributed by atoms with van der Waals surface area (Å²) >= 11 is 0. The third-order valence-electron chi connectivity index (χ3n) is 6.80. The number of esters is 1. The normalized spacial score (nSPS) is 11.0. The number of benzene rings is 3. The second kappa shape index (κ2) is 12.9. The molecule has 0 aliphatic heterocycles. The van der Waals surface area contributed by atoms with E-state index in [4.69, 9.17) is 19.5 Å². The minimum Gasteiger partial charge on any atom is -0.465 e. The standard InChI is InChI=1S/C31H23F4N5O4/c1-42-10-9-40-26-12-18(30(41)43-2)5-6-25(26)38-27(40)14-20-23(33)13-21(29(35)28(20)34)24-7-8-37-31(39-24)44-16-19-4-3-17(15-36)11-22(19)32/h3-8,11-13H,9-10,14,16H2,1-2H3. The first-order valence-corrected chi connectivity index (χ1v) is 13.1. The Morgan fingerprint density at radius 3 is 2.52 bits per heavy atom. The summed E-state index contributed by atoms with van der Waals surface area (Å²) in [6, 6.07) is 12.1. The maximum Gasteiger partial charge on any atom is 0.337 e. The van der Waals surface area contributed by atoms with Gasteiger partial charge in [-0.15, -0.1) is 0 Å². The lowest BCUT2D eigenvalue weighted by Gasteiger charge is -2.13. The van der Waals surface area contributed by atoms with E-state index in [9.17, 15) is 9.18 Å². The van der Waals surface area contributed by atoms with Crippen LogP contribution in [-0.2, 0) is 29.0 Å². The second-order valence-electron chi connectivity index (χ2n) is 9.49. The van der Waals surface area contributed by atoms with Crippen molar-refractivity contribution in [3.63, 3.8) is 0 Å². The average molecular weight is 606 g/mol. The van der Waals surface area contributed by atoms with Gasteiger partial charge in [-0.05, 0) is 42.5 Å². The molecule has 0 unspecified atom stereocenters. The number of hydrogen-bond donors (Lipinski definition) is 0. The lowest BCUT2D eigenvalue weighted by molar-refractivity contribution is 0.0601. The minimum atomic E-state index is -1.43. The maximum absolute atomic E-state index is 15.4. The number of aromatic nitrogens is 4. The molecule has 0 atom stereocenters. The minimum absolute atomic E-state index is 0.115. The van der Waals surface area contributed by atoms with E-state index < -0.39 is 46.8 Å². The number of carbonyl (C=O) groups is 1. The number of fused-ring (bicyclic) bond motifs is 1. The molecule has 13 heteroatoms. The van der Waals surface area contributed by atoms with Crippen molar-refractivity contribution in [3.05, 3.63) is 106 Å². The van der Waals surface area contributed by atoms with Gasteiger partial charge in [0.05, 0.1) is 47.6 Å². The molecule has 5 rings (SSSR count). The van der Waals surface area contributed by atoms with Gasteiger partial charge in [-0.25, -0.2) is 32.3 Å². The van der Waals surface area contributed by atoms with Gasteiger partial charge in [-0.2, -0.15) is 10.2 Å². The summed E-state index contributed by atoms with van der Waals surface area (Å²) in [5.74, 6) is -4.84. The van der Waals surface area contributed by atoms with Crippen molar-refractivity contribution < 1.29 is 36.6 Å². The molecule has 0 bridgehead atoms. The van der Waals surface area contributed by atoms with E-state index in [0.717, 1.165) is 12.1 Å². The van der Waals surface area contributed by atoms with Crippen LogP contribution in [0, 0.1) is 34.6 Å². The fourth-order valence-electron chi connectivity index (χ4n) is 4.56. The van der Waals surface area contributed by atoms with Crippen LogP contribution < -0.4 is 4.74 Å². The molecular weight excluding hydrogens is 582 g/mol. The molecule has 0 saturated carbocycles. The molecule has 0 fully saturated rings. The molecule has 0 saturated heterocycles. The first kappa shape index (κ1) is 30.1. The van der Waals surface area contributed by atoms with Gasteiger partial charge in [0.1, 0.15) is 24.1 Å². The van der Waals surface area contributed by atoms with Crippen molar-refractivity contribution in [2.75, 3.05) is 20.8 Å². The molecule has 2 heterocycles. The van der Waals surface area contributed by atoms with Crippen LogP contribution in [0.15, 0.2) is 54.7 Å². The molecule has 0 aliphatic rings. The average Bonchev–Trinajstić information content (AvgIpc) is 3.38. The Bertz CT molecular complexity index is 1920. The Balaban J connectivity index is 1.44. The molecule has 0 amide bonds. The first-order chi connectivity index (χ1) is 21.2. The number of halogens is 4. The van der Waals surface area contributed by atoms with Crippen LogP contribution in [0.4, 0.5) is 17.6 Å². The number of methoxy groups -OCH3 is 2. The van der Waals surface area contributed by atoms with Gasteiger partial charge in [-0.1, -0.05) is 6.07 Å². The van der Waals surface area contributed by atoms with Crippen molar-refractivity contribution in [1.82, 2.24) is 19.5 Å². The van der Waals surface area contributed by atoms with E-state index in [1.165, 1.54) is 44.7 Å². The van der Waals surface area contributed by atoms with E-state index in [2.05, 4.69) is 15.0 Å². The Morgan fingerprint density at radius 1 is 0.977 bits per heavy atom. The van der Waals surface area contributed by atoms with Gasteiger partial charge >= 0.3 is 12.0 Å². The number of carbonyl (C=O) groups excluding carboxylic acids is 1. The largest absolute Gasteiger partial charge is 0.465 e. The monoisotopic (exact) mass is 605 g/mol. The molecule has 0 N–H and O–H groups in total. The Morgan fingerprint density at radius 2 is 1.80 bits per heavy atom. The summed E-state index contributed by atoms with van der Waals surface area (Å²) in [6.45, 7) is 0.165. The topological polar surface area (TPSA) is 112 Å². The van der Waals surface area contributed by atoms with Crippen LogP contribution in [0.2, 0.25) is 0 Å². The van der Waals surface area contributed by atoms with Gasteiger partial charge in [0.25, 0.3) is 0 Å². The van der Waals surface area contributed by atoms with Crippen LogP contribution in [0.1, 0.15) is 32.9 Å². The molecule has 2 aromatic heterocycles. The molecule has 3 aromatic carbocycles. The lowest BCUT2D eigenvalue weighted by atomic mass is 10.0. The number of ether oxygens (including phenoxy) is 3. The fourth-order valence-corrected chi connectivity index (χ4v) is 4.56.